The molecule has 1 N–H and O–H groups in total. The van der Waals surface area contributed by atoms with Gasteiger partial charge in [-0.05, 0) is 36.8 Å². The highest BCUT2D eigenvalue weighted by molar-refractivity contribution is 6.34. The SMILES string of the molecule is CC(=O)N[C@@H]1C(=O)N(CCCOc2ccc(Cl)cc2)c2c(Cl)cccc21. The van der Waals surface area contributed by atoms with Gasteiger partial charge >= 0.3 is 0 Å². The molecule has 7 heteroatoms. The zero-order valence-electron chi connectivity index (χ0n) is 14.2. The van der Waals surface area contributed by atoms with E-state index in [2.05, 4.69) is 5.32 Å². The van der Waals surface area contributed by atoms with Crippen molar-refractivity contribution in [3.63, 3.8) is 0 Å². The lowest BCUT2D eigenvalue weighted by Crippen LogP contribution is -2.37. The third-order valence-electron chi connectivity index (χ3n) is 4.07. The summed E-state index contributed by atoms with van der Waals surface area (Å²) in [6.07, 6.45) is 0.617. The van der Waals surface area contributed by atoms with Crippen molar-refractivity contribution in [1.29, 1.82) is 0 Å². The molecule has 0 saturated heterocycles. The topological polar surface area (TPSA) is 58.6 Å². The van der Waals surface area contributed by atoms with Crippen molar-refractivity contribution in [1.82, 2.24) is 5.32 Å². The van der Waals surface area contributed by atoms with Gasteiger partial charge in [0.25, 0.3) is 5.91 Å². The molecule has 0 bridgehead atoms. The predicted octanol–water partition coefficient (Wildman–Crippen LogP) is 3.99. The van der Waals surface area contributed by atoms with Crippen molar-refractivity contribution in [2.24, 2.45) is 0 Å². The summed E-state index contributed by atoms with van der Waals surface area (Å²) in [6, 6.07) is 11.7. The second-order valence-corrected chi connectivity index (χ2v) is 6.80. The summed E-state index contributed by atoms with van der Waals surface area (Å²) >= 11 is 12.2. The third kappa shape index (κ3) is 3.94. The Labute approximate surface area is 161 Å². The van der Waals surface area contributed by atoms with Crippen molar-refractivity contribution in [3.05, 3.63) is 58.1 Å². The fraction of sp³-hybridized carbons (Fsp3) is 0.263. The Morgan fingerprint density at radius 2 is 1.92 bits per heavy atom. The van der Waals surface area contributed by atoms with Gasteiger partial charge in [-0.2, -0.15) is 0 Å². The minimum atomic E-state index is -0.696. The summed E-state index contributed by atoms with van der Waals surface area (Å²) in [5.41, 5.74) is 1.38. The van der Waals surface area contributed by atoms with E-state index in [1.807, 2.05) is 6.07 Å². The maximum Gasteiger partial charge on any atom is 0.254 e. The number of ether oxygens (including phenoxy) is 1. The van der Waals surface area contributed by atoms with Gasteiger partial charge < -0.3 is 15.0 Å². The van der Waals surface area contributed by atoms with Crippen molar-refractivity contribution in [2.45, 2.75) is 19.4 Å². The number of carbonyl (C=O) groups is 2. The van der Waals surface area contributed by atoms with E-state index < -0.39 is 6.04 Å². The van der Waals surface area contributed by atoms with Gasteiger partial charge in [-0.25, -0.2) is 0 Å². The number of nitrogens with one attached hydrogen (secondary N) is 1. The molecule has 1 atom stereocenters. The fourth-order valence-electron chi connectivity index (χ4n) is 2.96. The molecule has 0 unspecified atom stereocenters. The molecule has 136 valence electrons. The van der Waals surface area contributed by atoms with Gasteiger partial charge in [0.15, 0.2) is 0 Å². The molecule has 0 spiro atoms. The highest BCUT2D eigenvalue weighted by atomic mass is 35.5. The lowest BCUT2D eigenvalue weighted by atomic mass is 10.1. The number of carbonyl (C=O) groups excluding carboxylic acids is 2. The van der Waals surface area contributed by atoms with Crippen LogP contribution in [-0.2, 0) is 9.59 Å². The van der Waals surface area contributed by atoms with Gasteiger partial charge in [-0.15, -0.1) is 0 Å². The van der Waals surface area contributed by atoms with E-state index in [-0.39, 0.29) is 11.8 Å². The monoisotopic (exact) mass is 392 g/mol. The number of para-hydroxylation sites is 1. The molecular formula is C19H18Cl2N2O3. The zero-order chi connectivity index (χ0) is 18.7. The molecule has 0 aromatic heterocycles. The van der Waals surface area contributed by atoms with E-state index in [1.165, 1.54) is 6.92 Å². The van der Waals surface area contributed by atoms with Crippen LogP contribution in [0.15, 0.2) is 42.5 Å². The molecule has 0 saturated carbocycles. The van der Waals surface area contributed by atoms with Crippen LogP contribution in [0.4, 0.5) is 5.69 Å². The third-order valence-corrected chi connectivity index (χ3v) is 4.62. The van der Waals surface area contributed by atoms with Crippen LogP contribution in [0.25, 0.3) is 0 Å². The molecule has 5 nitrogen and oxygen atoms in total. The van der Waals surface area contributed by atoms with Gasteiger partial charge in [0.05, 0.1) is 17.3 Å². The van der Waals surface area contributed by atoms with Gasteiger partial charge in [0.2, 0.25) is 5.91 Å². The molecular weight excluding hydrogens is 375 g/mol. The van der Waals surface area contributed by atoms with Crippen molar-refractivity contribution in [3.8, 4) is 5.75 Å². The van der Waals surface area contributed by atoms with Gasteiger partial charge in [-0.1, -0.05) is 35.3 Å². The number of hydrogen-bond acceptors (Lipinski definition) is 3. The first kappa shape index (κ1) is 18.5. The highest BCUT2D eigenvalue weighted by Crippen LogP contribution is 2.41. The van der Waals surface area contributed by atoms with Gasteiger partial charge in [0, 0.05) is 24.1 Å². The molecule has 1 heterocycles. The normalized spacial score (nSPS) is 15.7. The number of fused-ring (bicyclic) bond motifs is 1. The molecule has 1 aliphatic heterocycles. The Hall–Kier alpha value is -2.24. The van der Waals surface area contributed by atoms with Gasteiger partial charge in [0.1, 0.15) is 11.8 Å². The Morgan fingerprint density at radius 1 is 1.19 bits per heavy atom. The Morgan fingerprint density at radius 3 is 2.62 bits per heavy atom. The number of rotatable bonds is 6. The number of hydrogen-bond donors (Lipinski definition) is 1. The molecule has 2 aromatic rings. The Bertz CT molecular complexity index is 824. The maximum absolute atomic E-state index is 12.7. The van der Waals surface area contributed by atoms with Crippen molar-refractivity contribution in [2.75, 3.05) is 18.1 Å². The van der Waals surface area contributed by atoms with Crippen LogP contribution in [0.1, 0.15) is 24.9 Å². The lowest BCUT2D eigenvalue weighted by molar-refractivity contribution is -0.126. The highest BCUT2D eigenvalue weighted by Gasteiger charge is 2.38. The summed E-state index contributed by atoms with van der Waals surface area (Å²) in [4.78, 5) is 25.8. The van der Waals surface area contributed by atoms with Crippen molar-refractivity contribution >= 4 is 40.7 Å². The molecule has 2 aromatic carbocycles. The van der Waals surface area contributed by atoms with Gasteiger partial charge in [-0.3, -0.25) is 9.59 Å². The second-order valence-electron chi connectivity index (χ2n) is 5.96. The van der Waals surface area contributed by atoms with E-state index in [4.69, 9.17) is 27.9 Å². The molecule has 0 radical (unpaired) electrons. The summed E-state index contributed by atoms with van der Waals surface area (Å²) in [5, 5.41) is 3.83. The molecule has 26 heavy (non-hydrogen) atoms. The molecule has 0 aliphatic carbocycles. The summed E-state index contributed by atoms with van der Waals surface area (Å²) < 4.78 is 5.67. The van der Waals surface area contributed by atoms with Crippen molar-refractivity contribution < 1.29 is 14.3 Å². The van der Waals surface area contributed by atoms with E-state index in [1.54, 1.807) is 41.3 Å². The van der Waals surface area contributed by atoms with E-state index >= 15 is 0 Å². The standard InChI is InChI=1S/C19H18Cl2N2O3/c1-12(24)22-17-15-4-2-5-16(21)18(15)23(19(17)25)10-3-11-26-14-8-6-13(20)7-9-14/h2,4-9,17H,3,10-11H2,1H3,(H,22,24)/t17-/m0/s1. The first-order valence-corrected chi connectivity index (χ1v) is 8.98. The predicted molar refractivity (Wildman–Crippen MR) is 102 cm³/mol. The maximum atomic E-state index is 12.7. The smallest absolute Gasteiger partial charge is 0.254 e. The molecule has 0 fully saturated rings. The van der Waals surface area contributed by atoms with Crippen LogP contribution < -0.4 is 15.0 Å². The number of anilines is 1. The fourth-order valence-corrected chi connectivity index (χ4v) is 3.37. The van der Waals surface area contributed by atoms with Crippen LogP contribution in [-0.4, -0.2) is 25.0 Å². The summed E-state index contributed by atoms with van der Waals surface area (Å²) in [6.45, 7) is 2.27. The van der Waals surface area contributed by atoms with Crippen LogP contribution in [0, 0.1) is 0 Å². The van der Waals surface area contributed by atoms with Crippen LogP contribution in [0.3, 0.4) is 0 Å². The minimum absolute atomic E-state index is 0.185. The summed E-state index contributed by atoms with van der Waals surface area (Å²) in [7, 11) is 0. The van der Waals surface area contributed by atoms with Crippen LogP contribution in [0.5, 0.6) is 5.75 Å². The quantitative estimate of drug-likeness (QED) is 0.756. The zero-order valence-corrected chi connectivity index (χ0v) is 15.7. The van der Waals surface area contributed by atoms with E-state index in [0.29, 0.717) is 35.3 Å². The molecule has 2 amide bonds. The Balaban J connectivity index is 1.66. The number of halogens is 2. The second kappa shape index (κ2) is 7.98. The first-order valence-electron chi connectivity index (χ1n) is 8.22. The van der Waals surface area contributed by atoms with Crippen LogP contribution in [0.2, 0.25) is 10.0 Å². The van der Waals surface area contributed by atoms with E-state index in [9.17, 15) is 9.59 Å². The molecule has 3 rings (SSSR count). The average molecular weight is 393 g/mol. The number of nitrogens with zero attached hydrogens (tertiary/aromatic N) is 1. The lowest BCUT2D eigenvalue weighted by Gasteiger charge is -2.19. The van der Waals surface area contributed by atoms with Crippen LogP contribution >= 0.6 is 23.2 Å². The Kier molecular flexibility index (Phi) is 5.69. The largest absolute Gasteiger partial charge is 0.494 e. The summed E-state index contributed by atoms with van der Waals surface area (Å²) in [5.74, 6) is 0.272. The minimum Gasteiger partial charge on any atom is -0.494 e. The number of benzene rings is 2. The average Bonchev–Trinajstić information content (AvgIpc) is 2.86. The van der Waals surface area contributed by atoms with E-state index in [0.717, 1.165) is 11.3 Å². The number of amides is 2. The first-order chi connectivity index (χ1) is 12.5. The molecule has 1 aliphatic rings.